The van der Waals surface area contributed by atoms with Crippen molar-refractivity contribution < 1.29 is 18.0 Å². The van der Waals surface area contributed by atoms with Crippen molar-refractivity contribution in [2.24, 2.45) is 0 Å². The molecule has 0 fully saturated rings. The van der Waals surface area contributed by atoms with Crippen LogP contribution < -0.4 is 10.6 Å². The number of nitrogens with one attached hydrogen (secondary N) is 2. The fourth-order valence-corrected chi connectivity index (χ4v) is 1.91. The molecule has 2 N–H and O–H groups in total. The highest BCUT2D eigenvalue weighted by atomic mass is 19.2. The summed E-state index contributed by atoms with van der Waals surface area (Å²) in [7, 11) is 0. The van der Waals surface area contributed by atoms with Gasteiger partial charge in [0.25, 0.3) is 0 Å². The standard InChI is InChI=1S/C16H15F3N2O/c1-10-3-2-4-11(9-10)20-8-7-14(22)21-13-6-5-12(17)15(18)16(13)19/h2-6,9,20H,7-8H2,1H3,(H,21,22). The van der Waals surface area contributed by atoms with Gasteiger partial charge in [-0.3, -0.25) is 4.79 Å². The second-order valence-corrected chi connectivity index (χ2v) is 4.82. The third kappa shape index (κ3) is 4.00. The first-order valence-corrected chi connectivity index (χ1v) is 6.71. The van der Waals surface area contributed by atoms with E-state index in [9.17, 15) is 18.0 Å². The van der Waals surface area contributed by atoms with Gasteiger partial charge in [-0.05, 0) is 36.8 Å². The maximum atomic E-state index is 13.4. The molecule has 6 heteroatoms. The second kappa shape index (κ2) is 6.98. The van der Waals surface area contributed by atoms with Crippen molar-refractivity contribution in [1.82, 2.24) is 0 Å². The smallest absolute Gasteiger partial charge is 0.226 e. The maximum Gasteiger partial charge on any atom is 0.226 e. The SMILES string of the molecule is Cc1cccc(NCCC(=O)Nc2ccc(F)c(F)c2F)c1. The molecule has 0 heterocycles. The summed E-state index contributed by atoms with van der Waals surface area (Å²) in [5.74, 6) is -4.79. The molecule has 3 nitrogen and oxygen atoms in total. The quantitative estimate of drug-likeness (QED) is 0.824. The molecule has 116 valence electrons. The molecule has 0 bridgehead atoms. The third-order valence-electron chi connectivity index (χ3n) is 3.01. The largest absolute Gasteiger partial charge is 0.385 e. The van der Waals surface area contributed by atoms with Crippen LogP contribution in [0.3, 0.4) is 0 Å². The summed E-state index contributed by atoms with van der Waals surface area (Å²) < 4.78 is 39.2. The molecule has 2 rings (SSSR count). The van der Waals surface area contributed by atoms with Gasteiger partial charge in [0.2, 0.25) is 5.91 Å². The summed E-state index contributed by atoms with van der Waals surface area (Å²) in [5, 5.41) is 5.26. The summed E-state index contributed by atoms with van der Waals surface area (Å²) in [6.07, 6.45) is 0.0619. The van der Waals surface area contributed by atoms with E-state index in [-0.39, 0.29) is 12.1 Å². The first-order chi connectivity index (χ1) is 10.5. The van der Waals surface area contributed by atoms with Crippen molar-refractivity contribution in [3.05, 3.63) is 59.4 Å². The molecule has 0 aliphatic rings. The van der Waals surface area contributed by atoms with E-state index in [1.807, 2.05) is 31.2 Å². The van der Waals surface area contributed by atoms with Crippen molar-refractivity contribution in [2.45, 2.75) is 13.3 Å². The number of aryl methyl sites for hydroxylation is 1. The van der Waals surface area contributed by atoms with E-state index in [1.54, 1.807) is 0 Å². The third-order valence-corrected chi connectivity index (χ3v) is 3.01. The lowest BCUT2D eigenvalue weighted by atomic mass is 10.2. The Morgan fingerprint density at radius 1 is 1.09 bits per heavy atom. The highest BCUT2D eigenvalue weighted by Crippen LogP contribution is 2.19. The Balaban J connectivity index is 1.87. The van der Waals surface area contributed by atoms with Gasteiger partial charge >= 0.3 is 0 Å². The molecule has 0 atom stereocenters. The average molecular weight is 308 g/mol. The zero-order valence-electron chi connectivity index (χ0n) is 11.9. The maximum absolute atomic E-state index is 13.4. The van der Waals surface area contributed by atoms with Gasteiger partial charge in [0.15, 0.2) is 17.5 Å². The molecule has 0 saturated heterocycles. The van der Waals surface area contributed by atoms with Crippen LogP contribution in [-0.4, -0.2) is 12.5 Å². The molecular weight excluding hydrogens is 293 g/mol. The van der Waals surface area contributed by atoms with Gasteiger partial charge in [-0.25, -0.2) is 13.2 Å². The van der Waals surface area contributed by atoms with Gasteiger partial charge in [0.1, 0.15) is 0 Å². The molecule has 0 spiro atoms. The molecule has 0 unspecified atom stereocenters. The van der Waals surface area contributed by atoms with E-state index in [0.717, 1.165) is 23.4 Å². The monoisotopic (exact) mass is 308 g/mol. The summed E-state index contributed by atoms with van der Waals surface area (Å²) in [6, 6.07) is 9.36. The molecule has 22 heavy (non-hydrogen) atoms. The Labute approximate surface area is 126 Å². The Bertz CT molecular complexity index is 689. The van der Waals surface area contributed by atoms with Crippen molar-refractivity contribution in [3.63, 3.8) is 0 Å². The van der Waals surface area contributed by atoms with Crippen molar-refractivity contribution in [3.8, 4) is 0 Å². The highest BCUT2D eigenvalue weighted by molar-refractivity contribution is 5.91. The summed E-state index contributed by atoms with van der Waals surface area (Å²) in [4.78, 5) is 11.7. The zero-order chi connectivity index (χ0) is 16.1. The van der Waals surface area contributed by atoms with E-state index < -0.39 is 23.4 Å². The van der Waals surface area contributed by atoms with Crippen molar-refractivity contribution in [1.29, 1.82) is 0 Å². The van der Waals surface area contributed by atoms with Crippen LogP contribution in [0.4, 0.5) is 24.5 Å². The Morgan fingerprint density at radius 3 is 2.59 bits per heavy atom. The van der Waals surface area contributed by atoms with Gasteiger partial charge in [-0.15, -0.1) is 0 Å². The van der Waals surface area contributed by atoms with Crippen LogP contribution in [0.2, 0.25) is 0 Å². The number of carbonyl (C=O) groups is 1. The van der Waals surface area contributed by atoms with Gasteiger partial charge in [0, 0.05) is 18.7 Å². The number of rotatable bonds is 5. The minimum Gasteiger partial charge on any atom is -0.385 e. The molecule has 0 aliphatic carbocycles. The number of carbonyl (C=O) groups excluding carboxylic acids is 1. The lowest BCUT2D eigenvalue weighted by molar-refractivity contribution is -0.116. The van der Waals surface area contributed by atoms with Gasteiger partial charge in [-0.1, -0.05) is 12.1 Å². The van der Waals surface area contributed by atoms with Gasteiger partial charge in [-0.2, -0.15) is 0 Å². The van der Waals surface area contributed by atoms with E-state index in [0.29, 0.717) is 6.54 Å². The Kier molecular flexibility index (Phi) is 5.04. The molecule has 2 aromatic carbocycles. The predicted molar refractivity (Wildman–Crippen MR) is 79.2 cm³/mol. The number of amides is 1. The van der Waals surface area contributed by atoms with E-state index in [4.69, 9.17) is 0 Å². The molecule has 2 aromatic rings. The second-order valence-electron chi connectivity index (χ2n) is 4.82. The van der Waals surface area contributed by atoms with E-state index in [2.05, 4.69) is 10.6 Å². The minimum atomic E-state index is -1.60. The van der Waals surface area contributed by atoms with Crippen LogP contribution in [-0.2, 0) is 4.79 Å². The van der Waals surface area contributed by atoms with Gasteiger partial charge in [0.05, 0.1) is 5.69 Å². The average Bonchev–Trinajstić information content (AvgIpc) is 2.48. The fraction of sp³-hybridized carbons (Fsp3) is 0.188. The van der Waals surface area contributed by atoms with Crippen LogP contribution in [0.1, 0.15) is 12.0 Å². The summed E-state index contributed by atoms with van der Waals surface area (Å²) in [6.45, 7) is 2.28. The Hall–Kier alpha value is -2.50. The van der Waals surface area contributed by atoms with Crippen molar-refractivity contribution in [2.75, 3.05) is 17.2 Å². The van der Waals surface area contributed by atoms with Crippen LogP contribution in [0, 0.1) is 24.4 Å². The lowest BCUT2D eigenvalue weighted by Gasteiger charge is -2.09. The van der Waals surface area contributed by atoms with Crippen LogP contribution in [0.25, 0.3) is 0 Å². The van der Waals surface area contributed by atoms with Crippen LogP contribution >= 0.6 is 0 Å². The normalized spacial score (nSPS) is 10.4. The molecular formula is C16H15F3N2O. The number of anilines is 2. The van der Waals surface area contributed by atoms with Crippen LogP contribution in [0.15, 0.2) is 36.4 Å². The minimum absolute atomic E-state index is 0.0619. The summed E-state index contributed by atoms with van der Waals surface area (Å²) >= 11 is 0. The number of halogens is 3. The van der Waals surface area contributed by atoms with Gasteiger partial charge < -0.3 is 10.6 Å². The van der Waals surface area contributed by atoms with E-state index in [1.165, 1.54) is 0 Å². The number of hydrogen-bond donors (Lipinski definition) is 2. The molecule has 0 aromatic heterocycles. The number of hydrogen-bond acceptors (Lipinski definition) is 2. The predicted octanol–water partition coefficient (Wildman–Crippen LogP) is 3.85. The lowest BCUT2D eigenvalue weighted by Crippen LogP contribution is -2.17. The molecule has 1 amide bonds. The first-order valence-electron chi connectivity index (χ1n) is 6.71. The molecule has 0 radical (unpaired) electrons. The van der Waals surface area contributed by atoms with Crippen molar-refractivity contribution >= 4 is 17.3 Å². The topological polar surface area (TPSA) is 41.1 Å². The number of benzene rings is 2. The highest BCUT2D eigenvalue weighted by Gasteiger charge is 2.14. The molecule has 0 saturated carbocycles. The van der Waals surface area contributed by atoms with Crippen LogP contribution in [0.5, 0.6) is 0 Å². The first kappa shape index (κ1) is 15.9. The molecule has 0 aliphatic heterocycles. The zero-order valence-corrected chi connectivity index (χ0v) is 11.9. The Morgan fingerprint density at radius 2 is 1.86 bits per heavy atom. The summed E-state index contributed by atoms with van der Waals surface area (Å²) in [5.41, 5.74) is 1.57. The fourth-order valence-electron chi connectivity index (χ4n) is 1.91. The van der Waals surface area contributed by atoms with E-state index >= 15 is 0 Å².